The van der Waals surface area contributed by atoms with Crippen molar-refractivity contribution < 1.29 is 0 Å². The van der Waals surface area contributed by atoms with Crippen molar-refractivity contribution >= 4 is 98.2 Å². The van der Waals surface area contributed by atoms with Crippen LogP contribution in [0.5, 0.6) is 0 Å². The maximum absolute atomic E-state index is 2.47. The van der Waals surface area contributed by atoms with Crippen LogP contribution in [0.25, 0.3) is 103 Å². The number of fused-ring (bicyclic) bond motifs is 8. The Morgan fingerprint density at radius 2 is 0.800 bits per heavy atom. The summed E-state index contributed by atoms with van der Waals surface area (Å²) >= 11 is 1.90. The summed E-state index contributed by atoms with van der Waals surface area (Å²) in [5.41, 5.74) is 19.4. The molecule has 0 radical (unpaired) electrons. The van der Waals surface area contributed by atoms with Crippen LogP contribution in [0.3, 0.4) is 0 Å². The first-order valence-corrected chi connectivity index (χ1v) is 28.1. The van der Waals surface area contributed by atoms with E-state index < -0.39 is 0 Å². The first-order chi connectivity index (χ1) is 39.7. The van der Waals surface area contributed by atoms with Crippen LogP contribution in [0, 0.1) is 0 Å². The highest BCUT2D eigenvalue weighted by Gasteiger charge is 2.24. The van der Waals surface area contributed by atoms with Gasteiger partial charge in [0.25, 0.3) is 0 Å². The number of benzene rings is 13. The Balaban J connectivity index is 0.919. The van der Waals surface area contributed by atoms with Gasteiger partial charge in [-0.2, -0.15) is 0 Å². The van der Waals surface area contributed by atoms with Gasteiger partial charge in [-0.25, -0.2) is 0 Å². The van der Waals surface area contributed by atoms with Crippen LogP contribution in [0.2, 0.25) is 0 Å². The molecule has 0 amide bonds. The van der Waals surface area contributed by atoms with E-state index in [0.717, 1.165) is 62.1 Å². The van der Waals surface area contributed by atoms with E-state index in [1.54, 1.807) is 0 Å². The molecule has 2 aromatic heterocycles. The van der Waals surface area contributed by atoms with Crippen molar-refractivity contribution in [1.29, 1.82) is 0 Å². The molecule has 0 N–H and O–H groups in total. The van der Waals surface area contributed by atoms with E-state index in [9.17, 15) is 0 Å². The van der Waals surface area contributed by atoms with Crippen molar-refractivity contribution in [3.05, 3.63) is 309 Å². The van der Waals surface area contributed by atoms with E-state index >= 15 is 0 Å². The number of nitrogens with zero attached hydrogens (tertiary/aromatic N) is 3. The fourth-order valence-electron chi connectivity index (χ4n) is 12.0. The van der Waals surface area contributed by atoms with Crippen LogP contribution in [-0.4, -0.2) is 4.57 Å². The van der Waals surface area contributed by atoms with Crippen LogP contribution >= 0.6 is 11.3 Å². The van der Waals surface area contributed by atoms with E-state index in [0.29, 0.717) is 0 Å². The first kappa shape index (κ1) is 47.0. The Labute approximate surface area is 469 Å². The molecule has 15 aromatic rings. The molecule has 13 aromatic carbocycles. The van der Waals surface area contributed by atoms with Gasteiger partial charge in [0.15, 0.2) is 0 Å². The molecule has 0 aliphatic carbocycles. The summed E-state index contributed by atoms with van der Waals surface area (Å²) in [6, 6.07) is 113. The van der Waals surface area contributed by atoms with Gasteiger partial charge >= 0.3 is 0 Å². The normalized spacial score (nSPS) is 11.5. The lowest BCUT2D eigenvalue weighted by atomic mass is 9.95. The third-order valence-electron chi connectivity index (χ3n) is 15.7. The molecule has 4 heteroatoms. The minimum absolute atomic E-state index is 1.04. The van der Waals surface area contributed by atoms with Crippen LogP contribution < -0.4 is 9.80 Å². The number of rotatable bonds is 11. The lowest BCUT2D eigenvalue weighted by Gasteiger charge is -2.31. The summed E-state index contributed by atoms with van der Waals surface area (Å²) in [4.78, 5) is 4.82. The summed E-state index contributed by atoms with van der Waals surface area (Å²) in [5.74, 6) is 0. The largest absolute Gasteiger partial charge is 0.310 e. The second-order valence-corrected chi connectivity index (χ2v) is 21.5. The van der Waals surface area contributed by atoms with Crippen molar-refractivity contribution in [2.24, 2.45) is 0 Å². The van der Waals surface area contributed by atoms with Crippen molar-refractivity contribution in [2.45, 2.75) is 0 Å². The third kappa shape index (κ3) is 8.29. The number of para-hydroxylation sites is 5. The van der Waals surface area contributed by atoms with E-state index in [-0.39, 0.29) is 0 Å². The summed E-state index contributed by atoms with van der Waals surface area (Å²) in [5, 5.41) is 7.47. The van der Waals surface area contributed by atoms with Gasteiger partial charge in [0.2, 0.25) is 0 Å². The fourth-order valence-corrected chi connectivity index (χ4v) is 13.2. The first-order valence-electron chi connectivity index (χ1n) is 27.3. The molecule has 80 heavy (non-hydrogen) atoms. The second kappa shape index (κ2) is 20.0. The topological polar surface area (TPSA) is 11.4 Å². The molecule has 0 fully saturated rings. The molecular weight excluding hydrogens is 987 g/mol. The van der Waals surface area contributed by atoms with Gasteiger partial charge < -0.3 is 14.4 Å². The lowest BCUT2D eigenvalue weighted by Crippen LogP contribution is -2.14. The zero-order valence-corrected chi connectivity index (χ0v) is 44.5. The monoisotopic (exact) mass is 1040 g/mol. The molecule has 0 unspecified atom stereocenters. The highest BCUT2D eigenvalue weighted by Crippen LogP contribution is 2.49. The van der Waals surface area contributed by atoms with E-state index in [2.05, 4.69) is 324 Å². The molecule has 0 saturated heterocycles. The molecule has 376 valence electrons. The van der Waals surface area contributed by atoms with Crippen LogP contribution in [0.1, 0.15) is 0 Å². The van der Waals surface area contributed by atoms with Gasteiger partial charge in [-0.15, -0.1) is 11.3 Å². The molecule has 0 aliphatic heterocycles. The van der Waals surface area contributed by atoms with Gasteiger partial charge in [-0.3, -0.25) is 0 Å². The highest BCUT2D eigenvalue weighted by atomic mass is 32.1. The molecule has 15 rings (SSSR count). The van der Waals surface area contributed by atoms with E-state index in [4.69, 9.17) is 0 Å². The van der Waals surface area contributed by atoms with Gasteiger partial charge in [0.05, 0.1) is 16.7 Å². The van der Waals surface area contributed by atoms with Gasteiger partial charge in [-0.1, -0.05) is 206 Å². The summed E-state index contributed by atoms with van der Waals surface area (Å²) in [6.07, 6.45) is 0. The zero-order chi connectivity index (χ0) is 52.9. The second-order valence-electron chi connectivity index (χ2n) is 20.5. The predicted molar refractivity (Wildman–Crippen MR) is 342 cm³/mol. The Morgan fingerprint density at radius 3 is 1.51 bits per heavy atom. The molecule has 3 nitrogen and oxygen atoms in total. The summed E-state index contributed by atoms with van der Waals surface area (Å²) in [7, 11) is 0. The van der Waals surface area contributed by atoms with Gasteiger partial charge in [0.1, 0.15) is 0 Å². The predicted octanol–water partition coefficient (Wildman–Crippen LogP) is 21.9. The van der Waals surface area contributed by atoms with Crippen molar-refractivity contribution in [1.82, 2.24) is 4.57 Å². The molecule has 0 atom stereocenters. The Morgan fingerprint density at radius 1 is 0.287 bits per heavy atom. The number of anilines is 6. The van der Waals surface area contributed by atoms with Gasteiger partial charge in [-0.05, 0) is 147 Å². The number of hydrogen-bond donors (Lipinski definition) is 0. The number of thiophene rings is 1. The lowest BCUT2D eigenvalue weighted by molar-refractivity contribution is 1.19. The standard InChI is InChI=1S/C76H51N3S/c1-6-22-52(23-7-1)53-42-44-63(45-43-53)77(60-26-10-3-11-27-60)64-48-59(49-65(50-64)78(61-28-12-4-13-29-61)71-35-19-16-32-66(71)54-24-8-2-9-25-54)57-39-38-56-47-58(41-40-55(56)46-57)69-51-70-67-33-17-20-36-72(67)79(62-30-14-5-15-31-62)75(70)74-68-34-18-21-37-73(68)80-76(69)74/h1-51H. The molecule has 0 spiro atoms. The minimum Gasteiger partial charge on any atom is -0.310 e. The van der Waals surface area contributed by atoms with Crippen LogP contribution in [0.15, 0.2) is 309 Å². The van der Waals surface area contributed by atoms with E-state index in [1.807, 2.05) is 11.3 Å². The number of hydrogen-bond acceptors (Lipinski definition) is 3. The van der Waals surface area contributed by atoms with Crippen molar-refractivity contribution in [3.63, 3.8) is 0 Å². The third-order valence-corrected chi connectivity index (χ3v) is 16.9. The minimum atomic E-state index is 1.04. The van der Waals surface area contributed by atoms with Crippen LogP contribution in [0.4, 0.5) is 34.1 Å². The van der Waals surface area contributed by atoms with E-state index in [1.165, 1.54) is 75.0 Å². The fraction of sp³-hybridized carbons (Fsp3) is 0. The van der Waals surface area contributed by atoms with Crippen molar-refractivity contribution in [3.8, 4) is 50.2 Å². The van der Waals surface area contributed by atoms with Crippen molar-refractivity contribution in [2.75, 3.05) is 9.80 Å². The maximum atomic E-state index is 2.47. The average molecular weight is 1040 g/mol. The molecular formula is C76H51N3S. The smallest absolute Gasteiger partial charge is 0.0634 e. The number of aromatic nitrogens is 1. The Bertz CT molecular complexity index is 4740. The Kier molecular flexibility index (Phi) is 11.7. The molecule has 0 saturated carbocycles. The molecule has 0 bridgehead atoms. The average Bonchev–Trinajstić information content (AvgIpc) is 4.28. The highest BCUT2D eigenvalue weighted by molar-refractivity contribution is 7.26. The van der Waals surface area contributed by atoms with Crippen LogP contribution in [-0.2, 0) is 0 Å². The SMILES string of the molecule is c1ccc(-c2ccc(N(c3ccccc3)c3cc(-c4ccc5cc(-c6cc7c8ccccc8n(-c8ccccc8)c7c7c6sc6ccccc67)ccc5c4)cc(N(c4ccccc4)c4ccccc4-c4ccccc4)c3)cc2)cc1. The quantitative estimate of drug-likeness (QED) is 0.128. The molecule has 2 heterocycles. The zero-order valence-electron chi connectivity index (χ0n) is 43.7. The van der Waals surface area contributed by atoms with Gasteiger partial charge in [0, 0.05) is 76.2 Å². The summed E-state index contributed by atoms with van der Waals surface area (Å²) < 4.78 is 5.06. The maximum Gasteiger partial charge on any atom is 0.0634 e. The summed E-state index contributed by atoms with van der Waals surface area (Å²) in [6.45, 7) is 0. The Hall–Kier alpha value is -10.3. The molecule has 0 aliphatic rings.